The maximum absolute atomic E-state index is 13.5. The van der Waals surface area contributed by atoms with Gasteiger partial charge in [0.1, 0.15) is 11.1 Å². The molecule has 2 aromatic carbocycles. The number of halogens is 1. The SMILES string of the molecule is C[C@H](C(=O)NC1CCCCCC1)[C@H]1Sc2ccccc2N(Cc2ccc(F)cc2)C1=O. The van der Waals surface area contributed by atoms with Crippen LogP contribution in [0.25, 0.3) is 0 Å². The molecule has 0 saturated heterocycles. The number of carbonyl (C=O) groups is 2. The van der Waals surface area contributed by atoms with Crippen molar-refractivity contribution in [3.63, 3.8) is 0 Å². The van der Waals surface area contributed by atoms with Crippen molar-refractivity contribution in [3.8, 4) is 0 Å². The van der Waals surface area contributed by atoms with E-state index in [1.807, 2.05) is 31.2 Å². The lowest BCUT2D eigenvalue weighted by atomic mass is 10.0. The van der Waals surface area contributed by atoms with Crippen LogP contribution in [-0.2, 0) is 16.1 Å². The van der Waals surface area contributed by atoms with Crippen molar-refractivity contribution in [2.45, 2.75) is 68.2 Å². The minimum Gasteiger partial charge on any atom is -0.353 e. The molecular formula is C25H29FN2O2S. The molecule has 1 N–H and O–H groups in total. The number of carbonyl (C=O) groups excluding carboxylic acids is 2. The summed E-state index contributed by atoms with van der Waals surface area (Å²) in [5.41, 5.74) is 1.69. The second-order valence-electron chi connectivity index (χ2n) is 8.54. The molecule has 1 aliphatic heterocycles. The highest BCUT2D eigenvalue weighted by atomic mass is 32.2. The Hall–Kier alpha value is -2.34. The van der Waals surface area contributed by atoms with Gasteiger partial charge < -0.3 is 10.2 Å². The quantitative estimate of drug-likeness (QED) is 0.641. The molecule has 6 heteroatoms. The Morgan fingerprint density at radius 2 is 1.77 bits per heavy atom. The number of nitrogens with zero attached hydrogens (tertiary/aromatic N) is 1. The number of rotatable bonds is 5. The fraction of sp³-hybridized carbons (Fsp3) is 0.440. The Morgan fingerprint density at radius 1 is 1.10 bits per heavy atom. The number of hydrogen-bond donors (Lipinski definition) is 1. The Kier molecular flexibility index (Phi) is 6.96. The number of thioether (sulfide) groups is 1. The topological polar surface area (TPSA) is 49.4 Å². The van der Waals surface area contributed by atoms with E-state index < -0.39 is 11.2 Å². The normalized spacial score (nSPS) is 20.6. The smallest absolute Gasteiger partial charge is 0.241 e. The lowest BCUT2D eigenvalue weighted by Gasteiger charge is -2.36. The minimum atomic E-state index is -0.485. The second-order valence-corrected chi connectivity index (χ2v) is 9.73. The van der Waals surface area contributed by atoms with Crippen LogP contribution in [0.5, 0.6) is 0 Å². The fourth-order valence-corrected chi connectivity index (χ4v) is 5.67. The van der Waals surface area contributed by atoms with Crippen LogP contribution in [0.1, 0.15) is 51.0 Å². The van der Waals surface area contributed by atoms with E-state index in [4.69, 9.17) is 0 Å². The van der Waals surface area contributed by atoms with Gasteiger partial charge in [0.25, 0.3) is 0 Å². The molecule has 0 spiro atoms. The molecule has 0 aromatic heterocycles. The number of para-hydroxylation sites is 1. The summed E-state index contributed by atoms with van der Waals surface area (Å²) in [5.74, 6) is -0.855. The van der Waals surface area contributed by atoms with Gasteiger partial charge in [0, 0.05) is 10.9 Å². The zero-order valence-corrected chi connectivity index (χ0v) is 18.7. The highest BCUT2D eigenvalue weighted by Crippen LogP contribution is 2.42. The van der Waals surface area contributed by atoms with Crippen LogP contribution in [-0.4, -0.2) is 23.1 Å². The van der Waals surface area contributed by atoms with Gasteiger partial charge in [0.05, 0.1) is 18.2 Å². The van der Waals surface area contributed by atoms with Crippen molar-refractivity contribution < 1.29 is 14.0 Å². The monoisotopic (exact) mass is 440 g/mol. The predicted molar refractivity (Wildman–Crippen MR) is 122 cm³/mol. The third-order valence-electron chi connectivity index (χ3n) is 6.24. The van der Waals surface area contributed by atoms with Crippen LogP contribution >= 0.6 is 11.8 Å². The number of nitrogens with one attached hydrogen (secondary N) is 1. The molecule has 0 bridgehead atoms. The molecule has 1 fully saturated rings. The predicted octanol–water partition coefficient (Wildman–Crippen LogP) is 5.31. The highest BCUT2D eigenvalue weighted by molar-refractivity contribution is 8.01. The molecule has 4 rings (SSSR count). The van der Waals surface area contributed by atoms with Crippen molar-refractivity contribution >= 4 is 29.3 Å². The van der Waals surface area contributed by atoms with Crippen molar-refractivity contribution in [2.24, 2.45) is 5.92 Å². The summed E-state index contributed by atoms with van der Waals surface area (Å²) in [6.07, 6.45) is 6.79. The van der Waals surface area contributed by atoms with Crippen molar-refractivity contribution in [1.82, 2.24) is 5.32 Å². The second kappa shape index (κ2) is 9.86. The molecule has 2 aromatic rings. The van der Waals surface area contributed by atoms with E-state index in [0.29, 0.717) is 6.54 Å². The van der Waals surface area contributed by atoms with Gasteiger partial charge >= 0.3 is 0 Å². The van der Waals surface area contributed by atoms with Crippen LogP contribution in [0.15, 0.2) is 53.4 Å². The van der Waals surface area contributed by atoms with E-state index in [-0.39, 0.29) is 23.7 Å². The van der Waals surface area contributed by atoms with E-state index in [0.717, 1.165) is 41.8 Å². The summed E-state index contributed by atoms with van der Waals surface area (Å²) in [6, 6.07) is 14.2. The molecule has 1 heterocycles. The third-order valence-corrected chi connectivity index (χ3v) is 7.71. The van der Waals surface area contributed by atoms with E-state index >= 15 is 0 Å². The summed E-state index contributed by atoms with van der Waals surface area (Å²) < 4.78 is 13.3. The van der Waals surface area contributed by atoms with Crippen molar-refractivity contribution in [3.05, 3.63) is 59.9 Å². The first-order valence-corrected chi connectivity index (χ1v) is 12.0. The molecular weight excluding hydrogens is 411 g/mol. The molecule has 1 aliphatic carbocycles. The Morgan fingerprint density at radius 3 is 2.48 bits per heavy atom. The van der Waals surface area contributed by atoms with Gasteiger partial charge in [-0.05, 0) is 42.7 Å². The third kappa shape index (κ3) is 5.12. The Balaban J connectivity index is 1.53. The first-order chi connectivity index (χ1) is 15.0. The molecule has 31 heavy (non-hydrogen) atoms. The average Bonchev–Trinajstić information content (AvgIpc) is 3.05. The van der Waals surface area contributed by atoms with Crippen LogP contribution in [0.4, 0.5) is 10.1 Å². The molecule has 2 atom stereocenters. The summed E-state index contributed by atoms with van der Waals surface area (Å²) >= 11 is 1.47. The van der Waals surface area contributed by atoms with Gasteiger partial charge in [0.15, 0.2) is 0 Å². The van der Waals surface area contributed by atoms with E-state index in [9.17, 15) is 14.0 Å². The number of benzene rings is 2. The van der Waals surface area contributed by atoms with Gasteiger partial charge in [-0.3, -0.25) is 9.59 Å². The lowest BCUT2D eigenvalue weighted by Crippen LogP contribution is -2.48. The first-order valence-electron chi connectivity index (χ1n) is 11.1. The largest absolute Gasteiger partial charge is 0.353 e. The molecule has 4 nitrogen and oxygen atoms in total. The van der Waals surface area contributed by atoms with Crippen LogP contribution in [0, 0.1) is 11.7 Å². The van der Waals surface area contributed by atoms with Crippen LogP contribution < -0.4 is 10.2 Å². The van der Waals surface area contributed by atoms with E-state index in [2.05, 4.69) is 5.32 Å². The molecule has 2 aliphatic rings. The Labute approximate surface area is 187 Å². The number of amides is 2. The maximum atomic E-state index is 13.5. The van der Waals surface area contributed by atoms with Gasteiger partial charge in [-0.2, -0.15) is 0 Å². The van der Waals surface area contributed by atoms with Crippen LogP contribution in [0.3, 0.4) is 0 Å². The number of anilines is 1. The average molecular weight is 441 g/mol. The van der Waals surface area contributed by atoms with Gasteiger partial charge in [-0.15, -0.1) is 11.8 Å². The van der Waals surface area contributed by atoms with Crippen molar-refractivity contribution in [1.29, 1.82) is 0 Å². The molecule has 1 saturated carbocycles. The summed E-state index contributed by atoms with van der Waals surface area (Å²) in [7, 11) is 0. The highest BCUT2D eigenvalue weighted by Gasteiger charge is 2.39. The van der Waals surface area contributed by atoms with Crippen LogP contribution in [0.2, 0.25) is 0 Å². The summed E-state index contributed by atoms with van der Waals surface area (Å²) in [6.45, 7) is 2.20. The van der Waals surface area contributed by atoms with Gasteiger partial charge in [0.2, 0.25) is 11.8 Å². The van der Waals surface area contributed by atoms with E-state index in [1.54, 1.807) is 17.0 Å². The molecule has 164 valence electrons. The molecule has 0 unspecified atom stereocenters. The first kappa shape index (κ1) is 21.9. The fourth-order valence-electron chi connectivity index (χ4n) is 4.38. The van der Waals surface area contributed by atoms with Gasteiger partial charge in [-0.25, -0.2) is 4.39 Å². The lowest BCUT2D eigenvalue weighted by molar-refractivity contribution is -0.129. The standard InChI is InChI=1S/C25H29FN2O2S/c1-17(24(29)27-20-8-4-2-3-5-9-20)23-25(30)28(16-18-12-14-19(26)15-13-18)21-10-6-7-11-22(21)31-23/h6-7,10-15,17,20,23H,2-5,8-9,16H2,1H3,(H,27,29)/t17-,23+/m0/s1. The van der Waals surface area contributed by atoms with Gasteiger partial charge in [-0.1, -0.05) is 56.9 Å². The summed E-state index contributed by atoms with van der Waals surface area (Å²) in [5, 5.41) is 2.72. The zero-order chi connectivity index (χ0) is 21.8. The molecule has 2 amide bonds. The minimum absolute atomic E-state index is 0.0427. The number of fused-ring (bicyclic) bond motifs is 1. The Bertz CT molecular complexity index is 925. The number of hydrogen-bond acceptors (Lipinski definition) is 3. The summed E-state index contributed by atoms with van der Waals surface area (Å²) in [4.78, 5) is 29.3. The van der Waals surface area contributed by atoms with E-state index in [1.165, 1.54) is 36.7 Å². The maximum Gasteiger partial charge on any atom is 0.241 e. The van der Waals surface area contributed by atoms with Crippen molar-refractivity contribution in [2.75, 3.05) is 4.90 Å². The molecule has 0 radical (unpaired) electrons. The zero-order valence-electron chi connectivity index (χ0n) is 17.9.